The minimum absolute atomic E-state index is 0.267. The maximum atomic E-state index is 13.1. The van der Waals surface area contributed by atoms with E-state index in [4.69, 9.17) is 14.9 Å². The van der Waals surface area contributed by atoms with Crippen molar-refractivity contribution in [2.45, 2.75) is 6.10 Å². The molecule has 0 radical (unpaired) electrons. The van der Waals surface area contributed by atoms with Crippen LogP contribution < -0.4 is 4.74 Å². The molecule has 1 rings (SSSR count). The van der Waals surface area contributed by atoms with Crippen molar-refractivity contribution in [1.29, 1.82) is 0 Å². The lowest BCUT2D eigenvalue weighted by atomic mass is 10.1. The van der Waals surface area contributed by atoms with E-state index in [1.165, 1.54) is 19.2 Å². The monoisotopic (exact) mass is 200 g/mol. The number of ether oxygens (including phenoxy) is 1. The van der Waals surface area contributed by atoms with E-state index in [1.807, 2.05) is 0 Å². The van der Waals surface area contributed by atoms with Crippen molar-refractivity contribution in [3.05, 3.63) is 29.6 Å². The normalized spacial score (nSPS) is 12.2. The third-order valence-corrected chi connectivity index (χ3v) is 1.74. The second kappa shape index (κ2) is 4.06. The average molecular weight is 200 g/mol. The topological polar surface area (TPSA) is 66.8 Å². The van der Waals surface area contributed by atoms with Gasteiger partial charge in [0.2, 0.25) is 0 Å². The van der Waals surface area contributed by atoms with Crippen LogP contribution in [0.4, 0.5) is 4.39 Å². The van der Waals surface area contributed by atoms with Crippen LogP contribution in [0, 0.1) is 5.82 Å². The molecule has 5 heteroatoms. The molecule has 0 amide bonds. The zero-order chi connectivity index (χ0) is 10.7. The van der Waals surface area contributed by atoms with Crippen LogP contribution in [0.5, 0.6) is 5.75 Å². The summed E-state index contributed by atoms with van der Waals surface area (Å²) in [6, 6.07) is 3.57. The number of benzene rings is 1. The molecule has 1 atom stereocenters. The van der Waals surface area contributed by atoms with Crippen LogP contribution in [0.3, 0.4) is 0 Å². The van der Waals surface area contributed by atoms with E-state index in [2.05, 4.69) is 0 Å². The highest BCUT2D eigenvalue weighted by molar-refractivity contribution is 5.74. The number of aliphatic hydroxyl groups is 1. The van der Waals surface area contributed by atoms with E-state index in [0.717, 1.165) is 6.07 Å². The third kappa shape index (κ3) is 2.00. The molecule has 2 N–H and O–H groups in total. The number of rotatable bonds is 3. The molecule has 0 bridgehead atoms. The van der Waals surface area contributed by atoms with E-state index in [-0.39, 0.29) is 11.3 Å². The number of carboxylic acids is 1. The van der Waals surface area contributed by atoms with E-state index in [0.29, 0.717) is 0 Å². The van der Waals surface area contributed by atoms with Crippen LogP contribution in [0.25, 0.3) is 0 Å². The molecule has 0 saturated carbocycles. The lowest BCUT2D eigenvalue weighted by Crippen LogP contribution is -2.12. The molecule has 0 heterocycles. The molecule has 0 saturated heterocycles. The first-order valence-electron chi connectivity index (χ1n) is 3.80. The highest BCUT2D eigenvalue weighted by Gasteiger charge is 2.19. The van der Waals surface area contributed by atoms with Crippen molar-refractivity contribution in [2.24, 2.45) is 0 Å². The number of carboxylic acid groups (broad SMARTS) is 1. The molecule has 0 unspecified atom stereocenters. The molecule has 1 aromatic rings. The summed E-state index contributed by atoms with van der Waals surface area (Å²) in [5, 5.41) is 17.5. The van der Waals surface area contributed by atoms with Gasteiger partial charge in [-0.25, -0.2) is 9.18 Å². The molecule has 0 aromatic heterocycles. The molecule has 0 aliphatic carbocycles. The number of aliphatic carboxylic acids is 1. The molecule has 0 aliphatic heterocycles. The van der Waals surface area contributed by atoms with Crippen molar-refractivity contribution in [2.75, 3.05) is 7.11 Å². The average Bonchev–Trinajstić information content (AvgIpc) is 2.16. The van der Waals surface area contributed by atoms with Crippen molar-refractivity contribution in [3.8, 4) is 5.75 Å². The number of halogens is 1. The number of hydrogen-bond acceptors (Lipinski definition) is 3. The van der Waals surface area contributed by atoms with Crippen LogP contribution in [-0.2, 0) is 4.79 Å². The van der Waals surface area contributed by atoms with Gasteiger partial charge in [-0.3, -0.25) is 0 Å². The van der Waals surface area contributed by atoms with Gasteiger partial charge in [-0.1, -0.05) is 0 Å². The minimum Gasteiger partial charge on any atom is -0.497 e. The van der Waals surface area contributed by atoms with Gasteiger partial charge in [0.25, 0.3) is 0 Å². The maximum absolute atomic E-state index is 13.1. The van der Waals surface area contributed by atoms with Gasteiger partial charge in [-0.05, 0) is 12.1 Å². The Morgan fingerprint density at radius 1 is 1.57 bits per heavy atom. The first kappa shape index (κ1) is 10.5. The van der Waals surface area contributed by atoms with Gasteiger partial charge >= 0.3 is 5.97 Å². The highest BCUT2D eigenvalue weighted by Crippen LogP contribution is 2.21. The number of aliphatic hydroxyl groups excluding tert-OH is 1. The van der Waals surface area contributed by atoms with Crippen molar-refractivity contribution in [3.63, 3.8) is 0 Å². The first-order chi connectivity index (χ1) is 6.56. The van der Waals surface area contributed by atoms with Crippen LogP contribution in [-0.4, -0.2) is 23.3 Å². The van der Waals surface area contributed by atoms with Crippen molar-refractivity contribution < 1.29 is 24.1 Å². The quantitative estimate of drug-likeness (QED) is 0.762. The van der Waals surface area contributed by atoms with E-state index in [1.54, 1.807) is 0 Å². The van der Waals surface area contributed by atoms with Gasteiger partial charge in [0.05, 0.1) is 7.11 Å². The van der Waals surface area contributed by atoms with Crippen LogP contribution in [0.1, 0.15) is 11.7 Å². The zero-order valence-corrected chi connectivity index (χ0v) is 7.40. The molecule has 0 fully saturated rings. The standard InChI is InChI=1S/C9H9FO4/c1-14-5-2-3-6(7(10)4-5)8(11)9(12)13/h2-4,8,11H,1H3,(H,12,13)/t8-/m1/s1. The lowest BCUT2D eigenvalue weighted by molar-refractivity contribution is -0.147. The second-order valence-corrected chi connectivity index (χ2v) is 2.63. The second-order valence-electron chi connectivity index (χ2n) is 2.63. The lowest BCUT2D eigenvalue weighted by Gasteiger charge is -2.08. The molecular weight excluding hydrogens is 191 g/mol. The Hall–Kier alpha value is -1.62. The highest BCUT2D eigenvalue weighted by atomic mass is 19.1. The number of hydrogen-bond donors (Lipinski definition) is 2. The summed E-state index contributed by atoms with van der Waals surface area (Å²) in [5.41, 5.74) is -0.279. The summed E-state index contributed by atoms with van der Waals surface area (Å²) in [6.45, 7) is 0. The fourth-order valence-electron chi connectivity index (χ4n) is 0.990. The summed E-state index contributed by atoms with van der Waals surface area (Å²) < 4.78 is 17.9. The zero-order valence-electron chi connectivity index (χ0n) is 7.40. The predicted octanol–water partition coefficient (Wildman–Crippen LogP) is 0.952. The summed E-state index contributed by atoms with van der Waals surface area (Å²) in [5.74, 6) is -2.03. The van der Waals surface area contributed by atoms with Gasteiger partial charge in [0, 0.05) is 11.6 Å². The molecule has 14 heavy (non-hydrogen) atoms. The minimum atomic E-state index is -1.85. The van der Waals surface area contributed by atoms with E-state index >= 15 is 0 Å². The van der Waals surface area contributed by atoms with Gasteiger partial charge < -0.3 is 14.9 Å². The Kier molecular flexibility index (Phi) is 3.03. The number of carbonyl (C=O) groups is 1. The van der Waals surface area contributed by atoms with Crippen LogP contribution in [0.15, 0.2) is 18.2 Å². The fourth-order valence-corrected chi connectivity index (χ4v) is 0.990. The maximum Gasteiger partial charge on any atom is 0.337 e. The molecule has 1 aromatic carbocycles. The Bertz CT molecular complexity index is 351. The smallest absolute Gasteiger partial charge is 0.337 e. The van der Waals surface area contributed by atoms with Gasteiger partial charge in [-0.2, -0.15) is 0 Å². The summed E-state index contributed by atoms with van der Waals surface area (Å²) in [6.07, 6.45) is -1.85. The molecule has 0 spiro atoms. The predicted molar refractivity (Wildman–Crippen MR) is 45.5 cm³/mol. The van der Waals surface area contributed by atoms with Crippen molar-refractivity contribution in [1.82, 2.24) is 0 Å². The van der Waals surface area contributed by atoms with E-state index < -0.39 is 17.9 Å². The Morgan fingerprint density at radius 2 is 2.21 bits per heavy atom. The summed E-state index contributed by atoms with van der Waals surface area (Å²) >= 11 is 0. The van der Waals surface area contributed by atoms with Gasteiger partial charge in [0.1, 0.15) is 11.6 Å². The first-order valence-corrected chi connectivity index (χ1v) is 3.80. The number of methoxy groups -OCH3 is 1. The van der Waals surface area contributed by atoms with Gasteiger partial charge in [-0.15, -0.1) is 0 Å². The van der Waals surface area contributed by atoms with Crippen LogP contribution in [0.2, 0.25) is 0 Å². The Balaban J connectivity index is 3.05. The summed E-state index contributed by atoms with van der Waals surface area (Å²) in [7, 11) is 1.36. The largest absolute Gasteiger partial charge is 0.497 e. The third-order valence-electron chi connectivity index (χ3n) is 1.74. The molecule has 4 nitrogen and oxygen atoms in total. The van der Waals surface area contributed by atoms with E-state index in [9.17, 15) is 9.18 Å². The summed E-state index contributed by atoms with van der Waals surface area (Å²) in [4.78, 5) is 10.4. The van der Waals surface area contributed by atoms with Crippen LogP contribution >= 0.6 is 0 Å². The molecule has 76 valence electrons. The Morgan fingerprint density at radius 3 is 2.64 bits per heavy atom. The SMILES string of the molecule is COc1ccc([C@@H](O)C(=O)O)c(F)c1. The molecule has 0 aliphatic rings. The van der Waals surface area contributed by atoms with Gasteiger partial charge in [0.15, 0.2) is 6.10 Å². The molecular formula is C9H9FO4. The Labute approximate surface area is 79.6 Å². The van der Waals surface area contributed by atoms with Crippen molar-refractivity contribution >= 4 is 5.97 Å². The fraction of sp³-hybridized carbons (Fsp3) is 0.222.